The van der Waals surface area contributed by atoms with Crippen LogP contribution in [0.3, 0.4) is 0 Å². The van der Waals surface area contributed by atoms with E-state index in [2.05, 4.69) is 10.6 Å². The highest BCUT2D eigenvalue weighted by Crippen LogP contribution is 2.43. The molecule has 0 saturated carbocycles. The number of rotatable bonds is 5. The number of fused-ring (bicyclic) bond motifs is 1. The predicted octanol–water partition coefficient (Wildman–Crippen LogP) is 3.83. The standard InChI is InChI=1S/C22H24F5N5/c1-11-4-15-14(2-3-19(29)16(15)7-28)21(32(11)10-22(25,26)27)20-17(23)5-12(6-18(20)24)31-13-8-30-9-13/h2-3,5-7,11,13,21,28,30-31H,4,8-10,29H2,1H3/t11-,21+/m1/s1. The highest BCUT2D eigenvalue weighted by atomic mass is 19.4. The summed E-state index contributed by atoms with van der Waals surface area (Å²) in [6.45, 7) is 1.57. The van der Waals surface area contributed by atoms with E-state index in [1.54, 1.807) is 6.92 Å². The van der Waals surface area contributed by atoms with Crippen LogP contribution >= 0.6 is 0 Å². The number of benzene rings is 2. The zero-order valence-corrected chi connectivity index (χ0v) is 17.4. The van der Waals surface area contributed by atoms with Crippen molar-refractivity contribution in [3.8, 4) is 0 Å². The third kappa shape index (κ3) is 4.16. The van der Waals surface area contributed by atoms with E-state index in [0.29, 0.717) is 35.5 Å². The molecule has 2 atom stereocenters. The Labute approximate surface area is 182 Å². The van der Waals surface area contributed by atoms with Crippen LogP contribution in [-0.2, 0) is 6.42 Å². The summed E-state index contributed by atoms with van der Waals surface area (Å²) < 4.78 is 70.9. The van der Waals surface area contributed by atoms with E-state index < -0.39 is 42.0 Å². The van der Waals surface area contributed by atoms with E-state index in [-0.39, 0.29) is 18.2 Å². The smallest absolute Gasteiger partial charge is 0.398 e. The van der Waals surface area contributed by atoms with E-state index in [0.717, 1.165) is 23.2 Å². The van der Waals surface area contributed by atoms with Crippen molar-refractivity contribution in [1.82, 2.24) is 10.2 Å². The minimum absolute atomic E-state index is 0.0370. The topological polar surface area (TPSA) is 77.2 Å². The molecule has 0 amide bonds. The van der Waals surface area contributed by atoms with Crippen LogP contribution in [0.4, 0.5) is 33.3 Å². The largest absolute Gasteiger partial charge is 0.401 e. The lowest BCUT2D eigenvalue weighted by Gasteiger charge is -2.43. The fraction of sp³-hybridized carbons (Fsp3) is 0.409. The second-order valence-electron chi connectivity index (χ2n) is 8.38. The molecule has 0 radical (unpaired) electrons. The van der Waals surface area contributed by atoms with Crippen LogP contribution < -0.4 is 16.4 Å². The van der Waals surface area contributed by atoms with Crippen LogP contribution in [0.5, 0.6) is 0 Å². The second kappa shape index (κ2) is 8.32. The molecule has 0 bridgehead atoms. The Bertz CT molecular complexity index is 1010. The lowest BCUT2D eigenvalue weighted by molar-refractivity contribution is -0.155. The molecule has 5 N–H and O–H groups in total. The van der Waals surface area contributed by atoms with Crippen LogP contribution in [0.2, 0.25) is 0 Å². The fourth-order valence-electron chi connectivity index (χ4n) is 4.53. The van der Waals surface area contributed by atoms with Crippen molar-refractivity contribution in [3.63, 3.8) is 0 Å². The van der Waals surface area contributed by atoms with Gasteiger partial charge in [-0.1, -0.05) is 6.07 Å². The molecule has 0 aromatic heterocycles. The molecule has 2 aromatic rings. The Hall–Kier alpha value is -2.72. The van der Waals surface area contributed by atoms with Gasteiger partial charge in [-0.3, -0.25) is 4.90 Å². The fourth-order valence-corrected chi connectivity index (χ4v) is 4.53. The molecule has 0 aliphatic carbocycles. The van der Waals surface area contributed by atoms with Gasteiger partial charge in [0.05, 0.1) is 18.6 Å². The summed E-state index contributed by atoms with van der Waals surface area (Å²) in [6.07, 6.45) is -3.35. The first-order valence-corrected chi connectivity index (χ1v) is 10.3. The van der Waals surface area contributed by atoms with Gasteiger partial charge in [0.25, 0.3) is 0 Å². The Morgan fingerprint density at radius 3 is 2.41 bits per heavy atom. The maximum atomic E-state index is 15.3. The van der Waals surface area contributed by atoms with Gasteiger partial charge in [0.15, 0.2) is 0 Å². The molecule has 0 spiro atoms. The maximum Gasteiger partial charge on any atom is 0.401 e. The molecule has 2 aliphatic rings. The lowest BCUT2D eigenvalue weighted by atomic mass is 9.82. The van der Waals surface area contributed by atoms with Gasteiger partial charge >= 0.3 is 6.18 Å². The van der Waals surface area contributed by atoms with Gasteiger partial charge in [-0.2, -0.15) is 13.2 Å². The molecule has 172 valence electrons. The quantitative estimate of drug-likeness (QED) is 0.315. The Morgan fingerprint density at radius 2 is 1.88 bits per heavy atom. The molecule has 32 heavy (non-hydrogen) atoms. The van der Waals surface area contributed by atoms with Crippen molar-refractivity contribution in [2.24, 2.45) is 0 Å². The van der Waals surface area contributed by atoms with E-state index in [4.69, 9.17) is 11.1 Å². The summed E-state index contributed by atoms with van der Waals surface area (Å²) in [5.41, 5.74) is 7.27. The van der Waals surface area contributed by atoms with Gasteiger partial charge in [0.2, 0.25) is 0 Å². The van der Waals surface area contributed by atoms with Crippen molar-refractivity contribution in [2.45, 2.75) is 37.6 Å². The first kappa shape index (κ1) is 22.5. The van der Waals surface area contributed by atoms with Crippen molar-refractivity contribution in [2.75, 3.05) is 30.7 Å². The van der Waals surface area contributed by atoms with Gasteiger partial charge in [-0.05, 0) is 42.7 Å². The highest BCUT2D eigenvalue weighted by Gasteiger charge is 2.43. The molecule has 4 rings (SSSR count). The number of nitrogens with one attached hydrogen (secondary N) is 3. The third-order valence-electron chi connectivity index (χ3n) is 6.13. The minimum Gasteiger partial charge on any atom is -0.398 e. The first-order chi connectivity index (χ1) is 15.1. The molecular weight excluding hydrogens is 429 g/mol. The number of hydrogen-bond donors (Lipinski definition) is 4. The summed E-state index contributed by atoms with van der Waals surface area (Å²) in [5, 5.41) is 13.7. The molecule has 2 aliphatic heterocycles. The van der Waals surface area contributed by atoms with Crippen molar-refractivity contribution < 1.29 is 22.0 Å². The van der Waals surface area contributed by atoms with E-state index >= 15 is 8.78 Å². The monoisotopic (exact) mass is 453 g/mol. The van der Waals surface area contributed by atoms with Gasteiger partial charge in [0.1, 0.15) is 11.6 Å². The molecule has 5 nitrogen and oxygen atoms in total. The van der Waals surface area contributed by atoms with Gasteiger partial charge in [-0.15, -0.1) is 0 Å². The number of nitrogens with two attached hydrogens (primary N) is 1. The predicted molar refractivity (Wildman–Crippen MR) is 113 cm³/mol. The minimum atomic E-state index is -4.56. The molecule has 1 fully saturated rings. The van der Waals surface area contributed by atoms with Gasteiger partial charge < -0.3 is 21.8 Å². The number of hydrogen-bond acceptors (Lipinski definition) is 5. The van der Waals surface area contributed by atoms with Crippen LogP contribution in [-0.4, -0.2) is 49.0 Å². The lowest BCUT2D eigenvalue weighted by Crippen LogP contribution is -2.51. The summed E-state index contributed by atoms with van der Waals surface area (Å²) in [6, 6.07) is 3.25. The third-order valence-corrected chi connectivity index (χ3v) is 6.13. The van der Waals surface area contributed by atoms with Gasteiger partial charge in [0, 0.05) is 47.8 Å². The molecule has 0 unspecified atom stereocenters. The van der Waals surface area contributed by atoms with E-state index in [9.17, 15) is 13.2 Å². The zero-order chi connectivity index (χ0) is 23.2. The second-order valence-corrected chi connectivity index (χ2v) is 8.38. The number of alkyl halides is 3. The van der Waals surface area contributed by atoms with Crippen LogP contribution in [0.1, 0.15) is 35.2 Å². The van der Waals surface area contributed by atoms with Crippen LogP contribution in [0.25, 0.3) is 0 Å². The normalized spacial score (nSPS) is 21.7. The molecule has 10 heteroatoms. The number of nitrogen functional groups attached to an aromatic ring is 1. The van der Waals surface area contributed by atoms with Crippen LogP contribution in [0.15, 0.2) is 24.3 Å². The van der Waals surface area contributed by atoms with Crippen LogP contribution in [0, 0.1) is 17.0 Å². The maximum absolute atomic E-state index is 15.3. The van der Waals surface area contributed by atoms with E-state index in [1.807, 2.05) is 0 Å². The molecular formula is C22H24F5N5. The van der Waals surface area contributed by atoms with Crippen molar-refractivity contribution >= 4 is 17.6 Å². The average Bonchev–Trinajstić information content (AvgIpc) is 2.65. The Balaban J connectivity index is 1.86. The summed E-state index contributed by atoms with van der Waals surface area (Å²) in [4.78, 5) is 1.07. The zero-order valence-electron chi connectivity index (χ0n) is 17.4. The first-order valence-electron chi connectivity index (χ1n) is 10.3. The van der Waals surface area contributed by atoms with Crippen molar-refractivity contribution in [1.29, 1.82) is 5.41 Å². The summed E-state index contributed by atoms with van der Waals surface area (Å²) >= 11 is 0. The SMILES string of the molecule is C[C@@H]1Cc2c(ccc(N)c2C=N)[C@@H](c2c(F)cc(NC3CNC3)cc2F)N1CC(F)(F)F. The highest BCUT2D eigenvalue weighted by molar-refractivity contribution is 5.88. The summed E-state index contributed by atoms with van der Waals surface area (Å²) in [7, 11) is 0. The molecule has 2 aromatic carbocycles. The van der Waals surface area contributed by atoms with E-state index in [1.165, 1.54) is 12.1 Å². The Kier molecular flexibility index (Phi) is 5.85. The van der Waals surface area contributed by atoms with Crippen molar-refractivity contribution in [3.05, 3.63) is 58.2 Å². The number of anilines is 2. The summed E-state index contributed by atoms with van der Waals surface area (Å²) in [5.74, 6) is -1.85. The number of halogens is 5. The average molecular weight is 453 g/mol. The molecule has 1 saturated heterocycles. The molecule has 2 heterocycles. The Morgan fingerprint density at radius 1 is 1.22 bits per heavy atom. The number of nitrogens with zero attached hydrogens (tertiary/aromatic N) is 1. The van der Waals surface area contributed by atoms with Gasteiger partial charge in [-0.25, -0.2) is 8.78 Å².